The van der Waals surface area contributed by atoms with Crippen LogP contribution in [0.2, 0.25) is 0 Å². The minimum Gasteiger partial charge on any atom is -0.347 e. The van der Waals surface area contributed by atoms with Crippen molar-refractivity contribution in [1.29, 1.82) is 0 Å². The summed E-state index contributed by atoms with van der Waals surface area (Å²) < 4.78 is 121. The Kier molecular flexibility index (Phi) is 25.5. The zero-order valence-electron chi connectivity index (χ0n) is 70.0. The van der Waals surface area contributed by atoms with E-state index in [2.05, 4.69) is 197 Å². The number of aromatic nitrogens is 15. The lowest BCUT2D eigenvalue weighted by Gasteiger charge is -2.28. The highest BCUT2D eigenvalue weighted by Gasteiger charge is 2.52. The number of aromatic amines is 4. The van der Waals surface area contributed by atoms with E-state index < -0.39 is 40.1 Å². The first-order valence-electron chi connectivity index (χ1n) is 44.0. The zero-order valence-corrected chi connectivity index (χ0v) is 73.3. The van der Waals surface area contributed by atoms with Gasteiger partial charge in [-0.25, -0.2) is 42.3 Å². The van der Waals surface area contributed by atoms with E-state index in [4.69, 9.17) is 0 Å². The molecule has 27 nitrogen and oxygen atoms in total. The Morgan fingerprint density at radius 2 is 0.776 bits per heavy atom. The topological polar surface area (TPSA) is 323 Å². The number of hydrogen-bond donors (Lipinski definition) is 4. The maximum atomic E-state index is 13.3. The lowest BCUT2D eigenvalue weighted by Crippen LogP contribution is -2.40. The second-order valence-electron chi connectivity index (χ2n) is 34.4. The summed E-state index contributed by atoms with van der Waals surface area (Å²) in [6.45, 7) is 7.28. The summed E-state index contributed by atoms with van der Waals surface area (Å²) in [7, 11) is -13.3. The van der Waals surface area contributed by atoms with Crippen LogP contribution >= 0.6 is 0 Å². The summed E-state index contributed by atoms with van der Waals surface area (Å²) >= 11 is 0. The fourth-order valence-electron chi connectivity index (χ4n) is 19.9. The predicted molar refractivity (Wildman–Crippen MR) is 487 cm³/mol. The molecule has 31 heteroatoms. The van der Waals surface area contributed by atoms with Crippen LogP contribution in [0.3, 0.4) is 0 Å². The van der Waals surface area contributed by atoms with E-state index in [0.29, 0.717) is 72.7 Å². The van der Waals surface area contributed by atoms with Gasteiger partial charge in [-0.05, 0) is 222 Å². The molecule has 4 N–H and O–H groups in total. The molecule has 650 valence electrons. The second kappa shape index (κ2) is 37.6. The normalized spacial score (nSPS) is 20.5. The van der Waals surface area contributed by atoms with E-state index in [9.17, 15) is 33.7 Å². The number of sulfonamides is 4. The van der Waals surface area contributed by atoms with Crippen LogP contribution in [0.5, 0.6) is 0 Å². The zero-order chi connectivity index (χ0) is 85.5. The van der Waals surface area contributed by atoms with Gasteiger partial charge in [0.15, 0.2) is 0 Å². The molecular weight excluding hydrogens is 1650 g/mol. The number of rotatable bonds is 21. The van der Waals surface area contributed by atoms with Crippen LogP contribution < -0.4 is 0 Å². The maximum absolute atomic E-state index is 13.3. The van der Waals surface area contributed by atoms with Crippen LogP contribution in [-0.4, -0.2) is 182 Å². The third kappa shape index (κ3) is 19.1. The molecule has 2 bridgehead atoms. The first kappa shape index (κ1) is 84.8. The van der Waals surface area contributed by atoms with E-state index in [-0.39, 0.29) is 23.1 Å². The van der Waals surface area contributed by atoms with Gasteiger partial charge in [0.05, 0.1) is 45.6 Å². The van der Waals surface area contributed by atoms with E-state index >= 15 is 0 Å². The van der Waals surface area contributed by atoms with Crippen molar-refractivity contribution >= 4 is 83.7 Å². The van der Waals surface area contributed by atoms with Crippen LogP contribution in [-0.2, 0) is 72.0 Å². The Bertz CT molecular complexity index is 6580. The van der Waals surface area contributed by atoms with E-state index in [0.717, 1.165) is 179 Å². The molecule has 15 aromatic rings. The van der Waals surface area contributed by atoms with Crippen molar-refractivity contribution < 1.29 is 33.7 Å². The van der Waals surface area contributed by atoms with Crippen LogP contribution in [0.25, 0.3) is 88.5 Å². The number of nitrogens with one attached hydrogen (secondary N) is 4. The summed E-state index contributed by atoms with van der Waals surface area (Å²) in [6.07, 6.45) is 33.8. The molecule has 0 amide bonds. The fraction of sp³-hybridized carbons (Fsp3) is 0.372. The molecule has 6 aliphatic rings. The van der Waals surface area contributed by atoms with Crippen LogP contribution in [0.15, 0.2) is 254 Å². The molecule has 8 aromatic heterocycles. The van der Waals surface area contributed by atoms with Crippen molar-refractivity contribution in [2.24, 2.45) is 23.7 Å². The van der Waals surface area contributed by atoms with Crippen molar-refractivity contribution in [2.45, 2.75) is 168 Å². The van der Waals surface area contributed by atoms with Crippen molar-refractivity contribution in [1.82, 2.24) is 91.9 Å². The molecule has 7 aromatic carbocycles. The van der Waals surface area contributed by atoms with Gasteiger partial charge in [-0.15, -0.1) is 0 Å². The summed E-state index contributed by atoms with van der Waals surface area (Å²) in [5.41, 5.74) is 13.5. The predicted octanol–water partition coefficient (Wildman–Crippen LogP) is 16.4. The minimum absolute atomic E-state index is 0.0780. The largest absolute Gasteiger partial charge is 0.347 e. The smallest absolute Gasteiger partial charge is 0.243 e. The third-order valence-electron chi connectivity index (χ3n) is 26.5. The highest BCUT2D eigenvalue weighted by molar-refractivity contribution is 7.90. The lowest BCUT2D eigenvalue weighted by molar-refractivity contribution is 0.329. The van der Waals surface area contributed by atoms with Crippen molar-refractivity contribution in [2.75, 3.05) is 39.3 Å². The first-order valence-corrected chi connectivity index (χ1v) is 50.0. The van der Waals surface area contributed by atoms with Gasteiger partial charge < -0.3 is 18.3 Å². The summed E-state index contributed by atoms with van der Waals surface area (Å²) in [6, 6.07) is 61.3. The van der Waals surface area contributed by atoms with Crippen molar-refractivity contribution in [3.05, 3.63) is 249 Å². The lowest BCUT2D eigenvalue weighted by atomic mass is 9.89. The summed E-state index contributed by atoms with van der Waals surface area (Å²) in [4.78, 5) is 0.790. The van der Waals surface area contributed by atoms with E-state index in [1.807, 2.05) is 59.2 Å². The quantitative estimate of drug-likeness (QED) is 0.0519. The molecule has 6 fully saturated rings. The molecule has 1 saturated carbocycles. The average molecular weight is 1760 g/mol. The molecule has 6 unspecified atom stereocenters. The molecule has 6 atom stereocenters. The van der Waals surface area contributed by atoms with Crippen LogP contribution in [0.4, 0.5) is 0 Å². The number of hydrogen-bond acceptors (Lipinski definition) is 15. The van der Waals surface area contributed by atoms with Crippen molar-refractivity contribution in [3.8, 4) is 44.9 Å². The molecule has 0 spiro atoms. The van der Waals surface area contributed by atoms with Crippen LogP contribution in [0.1, 0.15) is 115 Å². The number of benzene rings is 7. The summed E-state index contributed by atoms with van der Waals surface area (Å²) in [5.74, 6) is 1.81. The number of H-pyrrole nitrogens is 4. The van der Waals surface area contributed by atoms with Gasteiger partial charge in [0.1, 0.15) is 17.1 Å². The number of nitrogens with zero attached hydrogens (tertiary/aromatic N) is 15. The Morgan fingerprint density at radius 3 is 1.24 bits per heavy atom. The molecule has 1 aliphatic carbocycles. The monoisotopic (exact) mass is 1760 g/mol. The summed E-state index contributed by atoms with van der Waals surface area (Å²) in [5, 5.41) is 43.6. The van der Waals surface area contributed by atoms with Gasteiger partial charge in [0.2, 0.25) is 40.1 Å². The highest BCUT2D eigenvalue weighted by atomic mass is 32.2. The Labute approximate surface area is 729 Å². The number of fused-ring (bicyclic) bond motifs is 6. The highest BCUT2D eigenvalue weighted by Crippen LogP contribution is 2.46. The van der Waals surface area contributed by atoms with Gasteiger partial charge in [-0.3, -0.25) is 5.10 Å². The SMILES string of the molecule is O=S(=O)(C1CCCCC1)N1CCCC(Cn2ccc3cc(-c4cn[nH]n4)ccc32)CC1.O=S(=O)(Cc1ccccc1)N1CCCC(Cn2ccc3cc(-c4cn[nH]n4)ccc32)CC1.O=S(=O)(c1ccccc1)N1C2CCC1C(Cn1ccc3cc(-c4cn[nH]c4)ccc31)C2.O=S(=O)(c1ccccc1)N1CCCC(Cn2ccc3cc(-c4cn[nH]n4)ccc32)CC1. The molecule has 13 heterocycles. The van der Waals surface area contributed by atoms with Gasteiger partial charge in [0.25, 0.3) is 0 Å². The standard InChI is InChI=1S/C24H27N5O2S.C24H24N4O2S.C23H31N5O2S.C23H25N5O2S/c30-32(31,18-20-5-2-1-3-6-20)29-12-4-7-19(10-14-29)17-28-13-11-22-15-21(8-9-24(22)28)23-16-25-27-26-23;29-31(30,22-4-2-1-3-5-22)28-21-7-9-24(28)19(13-21)16-27-11-10-18-12-17(6-8-23(18)27)20-14-25-26-15-20;2*29-31(30,21-6-2-1-3-7-21)28-12-4-5-18(10-14-28)17-27-13-11-20-15-19(8-9-23(20)27)22-16-24-26-25-22/h1-3,5-6,8-9,11,13,15-16,19H,4,7,10,12,14,17-18H2,(H,25,26,27);1-6,8,10-12,14-15,19,21,24H,7,9,13,16H2,(H,25,26);8-9,11,13,15-16,18,21H,1-7,10,12,14,17H2,(H,24,25,26);1-3,6-9,11,13,15-16,18H,4-5,10,12,14,17H2,(H,24,25,26). The second-order valence-corrected chi connectivity index (χ2v) is 42.4. The molecule has 5 aliphatic heterocycles. The first-order chi connectivity index (χ1) is 60.9. The van der Waals surface area contributed by atoms with Crippen LogP contribution in [0, 0.1) is 23.7 Å². The molecule has 0 radical (unpaired) electrons. The molecule has 21 rings (SSSR count). The van der Waals surface area contributed by atoms with E-state index in [1.165, 1.54) is 50.0 Å². The molecule has 5 saturated heterocycles. The van der Waals surface area contributed by atoms with Gasteiger partial charge in [-0.1, -0.05) is 110 Å². The van der Waals surface area contributed by atoms with Gasteiger partial charge in [-0.2, -0.15) is 59.9 Å². The maximum Gasteiger partial charge on any atom is 0.243 e. The van der Waals surface area contributed by atoms with Gasteiger partial charge >= 0.3 is 0 Å². The average Bonchev–Trinajstić information content (AvgIpc) is 1.58. The Morgan fingerprint density at radius 1 is 0.352 bits per heavy atom. The fourth-order valence-corrected chi connectivity index (χ4v) is 27.0. The molecular formula is C94H107N19O8S4. The Hall–Kier alpha value is -11.0. The van der Waals surface area contributed by atoms with Crippen molar-refractivity contribution in [3.63, 3.8) is 0 Å². The Balaban J connectivity index is 0.000000113. The third-order valence-corrected chi connectivity index (χ3v) is 34.6. The minimum atomic E-state index is -3.44. The van der Waals surface area contributed by atoms with Gasteiger partial charge in [0, 0.05) is 174 Å². The molecule has 125 heavy (non-hydrogen) atoms. The van der Waals surface area contributed by atoms with E-state index in [1.54, 1.807) is 80.0 Å².